The Morgan fingerprint density at radius 1 is 1.21 bits per heavy atom. The Hall–Kier alpha value is -1.15. The van der Waals surface area contributed by atoms with Gasteiger partial charge in [-0.25, -0.2) is 0 Å². The van der Waals surface area contributed by atoms with E-state index in [1.165, 1.54) is 19.3 Å². The molecule has 1 aliphatic rings. The summed E-state index contributed by atoms with van der Waals surface area (Å²) < 4.78 is 0. The summed E-state index contributed by atoms with van der Waals surface area (Å²) in [6.45, 7) is 7.88. The smallest absolute Gasteiger partial charge is 0.164 e. The van der Waals surface area contributed by atoms with Gasteiger partial charge >= 0.3 is 0 Å². The molecule has 0 aliphatic carbocycles. The largest absolute Gasteiger partial charge is 0.303 e. The van der Waals surface area contributed by atoms with Crippen LogP contribution in [-0.4, -0.2) is 30.3 Å². The molecule has 1 saturated heterocycles. The van der Waals surface area contributed by atoms with E-state index in [1.807, 2.05) is 30.3 Å². The van der Waals surface area contributed by atoms with Gasteiger partial charge < -0.3 is 4.90 Å². The maximum Gasteiger partial charge on any atom is 0.164 e. The monoisotopic (exact) mass is 259 g/mol. The van der Waals surface area contributed by atoms with E-state index >= 15 is 0 Å². The number of hydrogen-bond donors (Lipinski definition) is 0. The third-order valence-electron chi connectivity index (χ3n) is 4.67. The summed E-state index contributed by atoms with van der Waals surface area (Å²) in [6.07, 6.45) is 4.45. The van der Waals surface area contributed by atoms with Crippen LogP contribution in [0.5, 0.6) is 0 Å². The van der Waals surface area contributed by atoms with Crippen LogP contribution in [0.4, 0.5) is 0 Å². The van der Waals surface area contributed by atoms with Gasteiger partial charge in [-0.2, -0.15) is 0 Å². The summed E-state index contributed by atoms with van der Waals surface area (Å²) in [4.78, 5) is 14.5. The van der Waals surface area contributed by atoms with Crippen molar-refractivity contribution in [3.63, 3.8) is 0 Å². The van der Waals surface area contributed by atoms with E-state index in [4.69, 9.17) is 0 Å². The number of carbonyl (C=O) groups is 1. The lowest BCUT2D eigenvalue weighted by Crippen LogP contribution is -2.39. The number of Topliss-reactive ketones (excluding diaryl/α,β-unsaturated/α-hetero) is 1. The summed E-state index contributed by atoms with van der Waals surface area (Å²) in [6, 6.07) is 9.63. The van der Waals surface area contributed by atoms with Gasteiger partial charge in [0.2, 0.25) is 0 Å². The van der Waals surface area contributed by atoms with Crippen molar-refractivity contribution in [3.8, 4) is 0 Å². The van der Waals surface area contributed by atoms with Gasteiger partial charge in [0, 0.05) is 18.5 Å². The fourth-order valence-corrected chi connectivity index (χ4v) is 2.70. The minimum absolute atomic E-state index is 0.268. The van der Waals surface area contributed by atoms with Crippen LogP contribution in [-0.2, 0) is 0 Å². The molecule has 1 aliphatic heterocycles. The Labute approximate surface area is 116 Å². The molecule has 1 aromatic carbocycles. The lowest BCUT2D eigenvalue weighted by Gasteiger charge is -2.38. The van der Waals surface area contributed by atoms with Crippen molar-refractivity contribution in [1.82, 2.24) is 4.90 Å². The van der Waals surface area contributed by atoms with Crippen LogP contribution in [0.1, 0.15) is 49.9 Å². The molecule has 1 heterocycles. The molecule has 0 spiro atoms. The molecule has 19 heavy (non-hydrogen) atoms. The van der Waals surface area contributed by atoms with E-state index in [2.05, 4.69) is 18.7 Å². The van der Waals surface area contributed by atoms with Gasteiger partial charge in [-0.1, -0.05) is 50.6 Å². The number of rotatable bonds is 5. The molecule has 0 unspecified atom stereocenters. The average Bonchev–Trinajstić information content (AvgIpc) is 2.47. The molecular weight excluding hydrogens is 234 g/mol. The summed E-state index contributed by atoms with van der Waals surface area (Å²) in [5.74, 6) is 0.268. The third-order valence-corrected chi connectivity index (χ3v) is 4.67. The van der Waals surface area contributed by atoms with Gasteiger partial charge in [-0.3, -0.25) is 4.79 Å². The van der Waals surface area contributed by atoms with Gasteiger partial charge in [0.05, 0.1) is 0 Å². The first-order valence-electron chi connectivity index (χ1n) is 7.43. The van der Waals surface area contributed by atoms with E-state index in [0.29, 0.717) is 11.8 Å². The first-order valence-corrected chi connectivity index (χ1v) is 7.43. The van der Waals surface area contributed by atoms with Gasteiger partial charge in [0.25, 0.3) is 0 Å². The molecule has 2 rings (SSSR count). The molecule has 0 bridgehead atoms. The van der Waals surface area contributed by atoms with Crippen molar-refractivity contribution in [1.29, 1.82) is 0 Å². The van der Waals surface area contributed by atoms with Crippen LogP contribution in [0, 0.1) is 5.41 Å². The molecule has 0 amide bonds. The van der Waals surface area contributed by atoms with Crippen LogP contribution in [0.2, 0.25) is 0 Å². The van der Waals surface area contributed by atoms with Gasteiger partial charge in [0.15, 0.2) is 5.78 Å². The Kier molecular flexibility index (Phi) is 4.76. The number of piperidine rings is 1. The topological polar surface area (TPSA) is 20.3 Å². The highest BCUT2D eigenvalue weighted by Crippen LogP contribution is 2.33. The molecule has 2 nitrogen and oxygen atoms in total. The summed E-state index contributed by atoms with van der Waals surface area (Å²) in [5, 5.41) is 0. The van der Waals surface area contributed by atoms with Gasteiger partial charge in [0.1, 0.15) is 0 Å². The predicted octanol–water partition coefficient (Wildman–Crippen LogP) is 3.77. The first kappa shape index (κ1) is 14.3. The Bertz CT molecular complexity index is 405. The van der Waals surface area contributed by atoms with Crippen LogP contribution >= 0.6 is 0 Å². The van der Waals surface area contributed by atoms with Crippen molar-refractivity contribution in [2.75, 3.05) is 19.6 Å². The van der Waals surface area contributed by atoms with E-state index in [9.17, 15) is 4.79 Å². The average molecular weight is 259 g/mol. The van der Waals surface area contributed by atoms with Crippen LogP contribution in [0.3, 0.4) is 0 Å². The minimum atomic E-state index is 0.268. The molecule has 0 aromatic heterocycles. The van der Waals surface area contributed by atoms with Crippen molar-refractivity contribution in [3.05, 3.63) is 35.9 Å². The summed E-state index contributed by atoms with van der Waals surface area (Å²) in [5.41, 5.74) is 1.37. The second kappa shape index (κ2) is 6.33. The second-order valence-electron chi connectivity index (χ2n) is 6.05. The number of hydrogen-bond acceptors (Lipinski definition) is 2. The summed E-state index contributed by atoms with van der Waals surface area (Å²) >= 11 is 0. The minimum Gasteiger partial charge on any atom is -0.303 e. The zero-order chi connectivity index (χ0) is 13.7. The molecule has 0 N–H and O–H groups in total. The zero-order valence-electron chi connectivity index (χ0n) is 12.2. The summed E-state index contributed by atoms with van der Waals surface area (Å²) in [7, 11) is 0. The molecule has 104 valence electrons. The molecule has 2 heteroatoms. The number of benzene rings is 1. The van der Waals surface area contributed by atoms with E-state index in [0.717, 1.165) is 25.2 Å². The van der Waals surface area contributed by atoms with Crippen LogP contribution in [0.15, 0.2) is 30.3 Å². The fourth-order valence-electron chi connectivity index (χ4n) is 2.70. The predicted molar refractivity (Wildman–Crippen MR) is 79.5 cm³/mol. The molecular formula is C17H25NO. The molecule has 0 radical (unpaired) electrons. The highest BCUT2D eigenvalue weighted by atomic mass is 16.1. The standard InChI is InChI=1S/C17H25NO/c1-3-17(2)10-13-18(14-11-17)12-9-16(19)15-7-5-4-6-8-15/h4-8H,3,9-14H2,1-2H3. The van der Waals surface area contributed by atoms with Crippen LogP contribution in [0.25, 0.3) is 0 Å². The number of likely N-dealkylation sites (tertiary alicyclic amines) is 1. The van der Waals surface area contributed by atoms with E-state index in [-0.39, 0.29) is 5.78 Å². The fraction of sp³-hybridized carbons (Fsp3) is 0.588. The second-order valence-corrected chi connectivity index (χ2v) is 6.05. The van der Waals surface area contributed by atoms with E-state index in [1.54, 1.807) is 0 Å². The highest BCUT2D eigenvalue weighted by molar-refractivity contribution is 5.96. The van der Waals surface area contributed by atoms with Crippen LogP contribution < -0.4 is 0 Å². The number of ketones is 1. The highest BCUT2D eigenvalue weighted by Gasteiger charge is 2.28. The Morgan fingerprint density at radius 2 is 1.84 bits per heavy atom. The zero-order valence-corrected chi connectivity index (χ0v) is 12.2. The Balaban J connectivity index is 1.77. The number of carbonyl (C=O) groups excluding carboxylic acids is 1. The number of nitrogens with zero attached hydrogens (tertiary/aromatic N) is 1. The molecule has 0 atom stereocenters. The van der Waals surface area contributed by atoms with Crippen molar-refractivity contribution < 1.29 is 4.79 Å². The maximum atomic E-state index is 12.0. The van der Waals surface area contributed by atoms with Gasteiger partial charge in [-0.05, 0) is 31.3 Å². The van der Waals surface area contributed by atoms with Gasteiger partial charge in [-0.15, -0.1) is 0 Å². The SMILES string of the molecule is CCC1(C)CCN(CCC(=O)c2ccccc2)CC1. The van der Waals surface area contributed by atoms with E-state index < -0.39 is 0 Å². The maximum absolute atomic E-state index is 12.0. The molecule has 1 aromatic rings. The third kappa shape index (κ3) is 3.90. The Morgan fingerprint density at radius 3 is 2.42 bits per heavy atom. The van der Waals surface area contributed by atoms with Crippen molar-refractivity contribution in [2.45, 2.75) is 39.5 Å². The lowest BCUT2D eigenvalue weighted by atomic mass is 9.78. The molecule has 1 fully saturated rings. The van der Waals surface area contributed by atoms with Crippen molar-refractivity contribution in [2.24, 2.45) is 5.41 Å². The lowest BCUT2D eigenvalue weighted by molar-refractivity contribution is 0.0902. The first-order chi connectivity index (χ1) is 9.13. The quantitative estimate of drug-likeness (QED) is 0.750. The molecule has 0 saturated carbocycles. The normalized spacial score (nSPS) is 19.3. The van der Waals surface area contributed by atoms with Crippen molar-refractivity contribution >= 4 is 5.78 Å².